The molecule has 2 fully saturated rings. The van der Waals surface area contributed by atoms with Crippen molar-refractivity contribution < 1.29 is 4.79 Å². The van der Waals surface area contributed by atoms with Gasteiger partial charge in [0.05, 0.1) is 11.6 Å². The summed E-state index contributed by atoms with van der Waals surface area (Å²) in [6, 6.07) is 20.7. The van der Waals surface area contributed by atoms with Gasteiger partial charge < -0.3 is 5.32 Å². The summed E-state index contributed by atoms with van der Waals surface area (Å²) in [5.41, 5.74) is 2.78. The number of carbonyl (C=O) groups is 1. The first kappa shape index (κ1) is 22.4. The molecule has 0 unspecified atom stereocenters. The van der Waals surface area contributed by atoms with E-state index in [-0.39, 0.29) is 18.1 Å². The molecule has 1 saturated carbocycles. The molecule has 2 aromatic carbocycles. The Morgan fingerprint density at radius 3 is 2.38 bits per heavy atom. The minimum Gasteiger partial charge on any atom is -0.335 e. The molecule has 0 radical (unpaired) electrons. The Morgan fingerprint density at radius 2 is 1.69 bits per heavy atom. The van der Waals surface area contributed by atoms with Gasteiger partial charge in [0.2, 0.25) is 0 Å². The monoisotopic (exact) mass is 430 g/mol. The molecule has 1 heterocycles. The molecule has 0 atom stereocenters. The second-order valence-corrected chi connectivity index (χ2v) is 9.16. The third kappa shape index (κ3) is 5.89. The predicted molar refractivity (Wildman–Crippen MR) is 128 cm³/mol. The molecule has 1 aliphatic heterocycles. The van der Waals surface area contributed by atoms with Gasteiger partial charge in [-0.2, -0.15) is 5.26 Å². The molecule has 2 aliphatic rings. The second kappa shape index (κ2) is 11.2. The highest BCUT2D eigenvalue weighted by molar-refractivity contribution is 5.93. The Hall–Kier alpha value is -2.84. The van der Waals surface area contributed by atoms with Gasteiger partial charge in [-0.25, -0.2) is 4.79 Å². The number of nitrogens with zero attached hydrogens (tertiary/aromatic N) is 3. The van der Waals surface area contributed by atoms with Crippen molar-refractivity contribution in [3.63, 3.8) is 0 Å². The topological polar surface area (TPSA) is 59.4 Å². The van der Waals surface area contributed by atoms with Crippen LogP contribution in [0, 0.1) is 11.3 Å². The average molecular weight is 431 g/mol. The lowest BCUT2D eigenvalue weighted by atomic mass is 10.0. The Labute approximate surface area is 192 Å². The largest absolute Gasteiger partial charge is 0.335 e. The van der Waals surface area contributed by atoms with Crippen molar-refractivity contribution in [3.05, 3.63) is 65.7 Å². The number of carbonyl (C=O) groups excluding carboxylic acids is 1. The van der Waals surface area contributed by atoms with Gasteiger partial charge in [-0.1, -0.05) is 62.1 Å². The van der Waals surface area contributed by atoms with Crippen molar-refractivity contribution in [2.75, 3.05) is 18.0 Å². The molecule has 5 heteroatoms. The number of hydrogen-bond donors (Lipinski definition) is 1. The maximum atomic E-state index is 13.5. The minimum atomic E-state index is -0.00602. The fourth-order valence-electron chi connectivity index (χ4n) is 5.06. The standard InChI is InChI=1S/C27H34N4O/c28-20-23-11-8-14-26(19-23)31(25-12-6-1-2-7-13-25)27(32)29-24-15-17-30(18-16-24)21-22-9-4-3-5-10-22/h3-5,8-11,14,19,24-25H,1-2,6-7,12-13,15-18,21H2,(H,29,32). The van der Waals surface area contributed by atoms with E-state index in [2.05, 4.69) is 46.6 Å². The first-order valence-electron chi connectivity index (χ1n) is 12.1. The minimum absolute atomic E-state index is 0.00602. The molecule has 0 aromatic heterocycles. The summed E-state index contributed by atoms with van der Waals surface area (Å²) in [6.07, 6.45) is 8.78. The second-order valence-electron chi connectivity index (χ2n) is 9.16. The van der Waals surface area contributed by atoms with E-state index >= 15 is 0 Å². The number of rotatable bonds is 5. The molecule has 5 nitrogen and oxygen atoms in total. The number of benzene rings is 2. The summed E-state index contributed by atoms with van der Waals surface area (Å²) in [4.78, 5) is 17.9. The summed E-state index contributed by atoms with van der Waals surface area (Å²) in [6.45, 7) is 2.96. The highest BCUT2D eigenvalue weighted by Gasteiger charge is 2.29. The van der Waals surface area contributed by atoms with E-state index < -0.39 is 0 Å². The maximum absolute atomic E-state index is 13.5. The molecule has 4 rings (SSSR count). The van der Waals surface area contributed by atoms with E-state index in [9.17, 15) is 10.1 Å². The molecular weight excluding hydrogens is 396 g/mol. The number of piperidine rings is 1. The highest BCUT2D eigenvalue weighted by atomic mass is 16.2. The van der Waals surface area contributed by atoms with Crippen molar-refractivity contribution >= 4 is 11.7 Å². The fourth-order valence-corrected chi connectivity index (χ4v) is 5.06. The lowest BCUT2D eigenvalue weighted by Gasteiger charge is -2.36. The Bertz CT molecular complexity index is 907. The van der Waals surface area contributed by atoms with Gasteiger partial charge in [0.1, 0.15) is 0 Å². The summed E-state index contributed by atoms with van der Waals surface area (Å²) >= 11 is 0. The maximum Gasteiger partial charge on any atom is 0.322 e. The number of hydrogen-bond acceptors (Lipinski definition) is 3. The predicted octanol–water partition coefficient (Wildman–Crippen LogP) is 5.46. The summed E-state index contributed by atoms with van der Waals surface area (Å²) in [7, 11) is 0. The zero-order chi connectivity index (χ0) is 22.2. The number of nitrogens with one attached hydrogen (secondary N) is 1. The number of amides is 2. The molecule has 2 aromatic rings. The van der Waals surface area contributed by atoms with Gasteiger partial charge >= 0.3 is 6.03 Å². The van der Waals surface area contributed by atoms with Crippen molar-refractivity contribution in [1.29, 1.82) is 5.26 Å². The van der Waals surface area contributed by atoms with Crippen LogP contribution < -0.4 is 10.2 Å². The van der Waals surface area contributed by atoms with Gasteiger partial charge in [-0.15, -0.1) is 0 Å². The smallest absolute Gasteiger partial charge is 0.322 e. The SMILES string of the molecule is N#Cc1cccc(N(C(=O)NC2CCN(Cc3ccccc3)CC2)C2CCCCCC2)c1. The third-order valence-electron chi connectivity index (χ3n) is 6.83. The quantitative estimate of drug-likeness (QED) is 0.641. The molecule has 2 amide bonds. The summed E-state index contributed by atoms with van der Waals surface area (Å²) in [5, 5.41) is 12.7. The van der Waals surface area contributed by atoms with Crippen LogP contribution in [0.25, 0.3) is 0 Å². The van der Waals surface area contributed by atoms with Gasteiger partial charge in [-0.3, -0.25) is 9.80 Å². The molecule has 1 aliphatic carbocycles. The van der Waals surface area contributed by atoms with Crippen LogP contribution in [0.4, 0.5) is 10.5 Å². The summed E-state index contributed by atoms with van der Waals surface area (Å²) < 4.78 is 0. The Morgan fingerprint density at radius 1 is 0.969 bits per heavy atom. The van der Waals surface area contributed by atoms with E-state index in [1.54, 1.807) is 6.07 Å². The number of likely N-dealkylation sites (tertiary alicyclic amines) is 1. The van der Waals surface area contributed by atoms with Crippen molar-refractivity contribution in [3.8, 4) is 6.07 Å². The van der Waals surface area contributed by atoms with Crippen LogP contribution in [-0.4, -0.2) is 36.1 Å². The average Bonchev–Trinajstić information content (AvgIpc) is 3.11. The molecule has 0 bridgehead atoms. The third-order valence-corrected chi connectivity index (χ3v) is 6.83. The molecule has 168 valence electrons. The molecule has 0 spiro atoms. The first-order chi connectivity index (χ1) is 15.7. The summed E-state index contributed by atoms with van der Waals surface area (Å²) in [5.74, 6) is 0. The van der Waals surface area contributed by atoms with E-state index in [1.807, 2.05) is 23.1 Å². The Balaban J connectivity index is 1.40. The highest BCUT2D eigenvalue weighted by Crippen LogP contribution is 2.28. The van der Waals surface area contributed by atoms with Crippen LogP contribution in [0.1, 0.15) is 62.5 Å². The van der Waals surface area contributed by atoms with Gasteiger partial charge in [0, 0.05) is 37.4 Å². The molecule has 32 heavy (non-hydrogen) atoms. The number of anilines is 1. The first-order valence-corrected chi connectivity index (χ1v) is 12.1. The Kier molecular flexibility index (Phi) is 7.79. The van der Waals surface area contributed by atoms with Crippen LogP contribution in [-0.2, 0) is 6.54 Å². The number of nitriles is 1. The van der Waals surface area contributed by atoms with Crippen LogP contribution in [0.15, 0.2) is 54.6 Å². The zero-order valence-electron chi connectivity index (χ0n) is 18.9. The normalized spacial score (nSPS) is 18.5. The van der Waals surface area contributed by atoms with Crippen LogP contribution in [0.3, 0.4) is 0 Å². The van der Waals surface area contributed by atoms with E-state index in [4.69, 9.17) is 0 Å². The van der Waals surface area contributed by atoms with Crippen molar-refractivity contribution in [2.24, 2.45) is 0 Å². The van der Waals surface area contributed by atoms with Crippen LogP contribution >= 0.6 is 0 Å². The molecule has 1 saturated heterocycles. The molecule has 1 N–H and O–H groups in total. The lowest BCUT2D eigenvalue weighted by Crippen LogP contribution is -2.52. The fraction of sp³-hybridized carbons (Fsp3) is 0.481. The number of urea groups is 1. The van der Waals surface area contributed by atoms with Gasteiger partial charge in [0.15, 0.2) is 0 Å². The zero-order valence-corrected chi connectivity index (χ0v) is 18.9. The van der Waals surface area contributed by atoms with Crippen LogP contribution in [0.5, 0.6) is 0 Å². The molecular formula is C27H34N4O. The lowest BCUT2D eigenvalue weighted by molar-refractivity contribution is 0.187. The van der Waals surface area contributed by atoms with E-state index in [1.165, 1.54) is 18.4 Å². The van der Waals surface area contributed by atoms with Crippen molar-refractivity contribution in [2.45, 2.75) is 70.0 Å². The van der Waals surface area contributed by atoms with Gasteiger partial charge in [0.25, 0.3) is 0 Å². The van der Waals surface area contributed by atoms with E-state index in [0.29, 0.717) is 5.56 Å². The van der Waals surface area contributed by atoms with Crippen molar-refractivity contribution in [1.82, 2.24) is 10.2 Å². The van der Waals surface area contributed by atoms with Gasteiger partial charge in [-0.05, 0) is 49.4 Å². The van der Waals surface area contributed by atoms with E-state index in [0.717, 1.165) is 63.8 Å². The van der Waals surface area contributed by atoms with Crippen LogP contribution in [0.2, 0.25) is 0 Å².